The first-order valence-electron chi connectivity index (χ1n) is 6.85. The van der Waals surface area contributed by atoms with Crippen molar-refractivity contribution in [3.8, 4) is 11.6 Å². The number of hydrogen-bond donors (Lipinski definition) is 1. The number of ether oxygens (including phenoxy) is 2. The smallest absolute Gasteiger partial charge is 0.224 e. The first kappa shape index (κ1) is 16.0. The minimum Gasteiger partial charge on any atom is -0.438 e. The van der Waals surface area contributed by atoms with Crippen molar-refractivity contribution in [2.24, 2.45) is 0 Å². The molecular formula is C15H18IN3O2. The average Bonchev–Trinajstić information content (AvgIpc) is 2.48. The van der Waals surface area contributed by atoms with Gasteiger partial charge in [-0.25, -0.2) is 4.98 Å². The van der Waals surface area contributed by atoms with E-state index in [9.17, 15) is 0 Å². The lowest BCUT2D eigenvalue weighted by Gasteiger charge is -2.10. The van der Waals surface area contributed by atoms with Gasteiger partial charge in [-0.3, -0.25) is 0 Å². The Morgan fingerprint density at radius 1 is 1.19 bits per heavy atom. The van der Waals surface area contributed by atoms with Crippen LogP contribution in [0.5, 0.6) is 11.6 Å². The van der Waals surface area contributed by atoms with E-state index in [1.807, 2.05) is 38.1 Å². The van der Waals surface area contributed by atoms with Gasteiger partial charge in [-0.05, 0) is 48.6 Å². The van der Waals surface area contributed by atoms with Crippen molar-refractivity contribution in [1.82, 2.24) is 9.97 Å². The molecule has 0 bridgehead atoms. The molecule has 0 aliphatic rings. The Balaban J connectivity index is 2.24. The number of halogens is 1. The minimum atomic E-state index is 0.373. The van der Waals surface area contributed by atoms with Gasteiger partial charge in [-0.2, -0.15) is 4.98 Å². The van der Waals surface area contributed by atoms with Crippen molar-refractivity contribution in [3.05, 3.63) is 39.7 Å². The fraction of sp³-hybridized carbons (Fsp3) is 0.333. The van der Waals surface area contributed by atoms with Gasteiger partial charge in [0.2, 0.25) is 5.88 Å². The Kier molecular flexibility index (Phi) is 6.19. The minimum absolute atomic E-state index is 0.373. The molecule has 112 valence electrons. The van der Waals surface area contributed by atoms with Gasteiger partial charge in [0.05, 0.1) is 3.57 Å². The maximum Gasteiger partial charge on any atom is 0.224 e. The molecule has 0 atom stereocenters. The molecule has 1 aromatic heterocycles. The first-order valence-corrected chi connectivity index (χ1v) is 7.92. The zero-order chi connectivity index (χ0) is 15.1. The van der Waals surface area contributed by atoms with E-state index >= 15 is 0 Å². The molecule has 5 nitrogen and oxygen atoms in total. The zero-order valence-corrected chi connectivity index (χ0v) is 14.3. The summed E-state index contributed by atoms with van der Waals surface area (Å²) in [7, 11) is 0. The molecule has 1 aromatic carbocycles. The molecule has 6 heteroatoms. The molecule has 1 N–H and O–H groups in total. The second kappa shape index (κ2) is 8.14. The van der Waals surface area contributed by atoms with Gasteiger partial charge in [-0.15, -0.1) is 0 Å². The number of aromatic nitrogens is 2. The maximum atomic E-state index is 5.86. The zero-order valence-electron chi connectivity index (χ0n) is 12.1. The number of nitrogens with one attached hydrogen (secondary N) is 1. The predicted octanol–water partition coefficient (Wildman–Crippen LogP) is 3.84. The lowest BCUT2D eigenvalue weighted by molar-refractivity contribution is 0.128. The third-order valence-electron chi connectivity index (χ3n) is 2.59. The molecule has 2 aromatic rings. The van der Waals surface area contributed by atoms with E-state index in [4.69, 9.17) is 9.47 Å². The third kappa shape index (κ3) is 4.82. The number of hydrogen-bond acceptors (Lipinski definition) is 5. The van der Waals surface area contributed by atoms with Crippen molar-refractivity contribution in [2.75, 3.05) is 18.5 Å². The normalized spacial score (nSPS) is 10.4. The lowest BCUT2D eigenvalue weighted by Crippen LogP contribution is -2.06. The Labute approximate surface area is 138 Å². The molecule has 2 rings (SSSR count). The molecule has 0 fully saturated rings. The molecule has 0 amide bonds. The lowest BCUT2D eigenvalue weighted by atomic mass is 10.3. The van der Waals surface area contributed by atoms with Gasteiger partial charge in [-0.1, -0.05) is 12.1 Å². The summed E-state index contributed by atoms with van der Waals surface area (Å²) < 4.78 is 12.3. The molecular weight excluding hydrogens is 381 g/mol. The average molecular weight is 399 g/mol. The van der Waals surface area contributed by atoms with Crippen LogP contribution >= 0.6 is 22.6 Å². The quantitative estimate of drug-likeness (QED) is 0.717. The van der Waals surface area contributed by atoms with Crippen LogP contribution in [0.15, 0.2) is 30.3 Å². The van der Waals surface area contributed by atoms with Crippen LogP contribution in [0.1, 0.15) is 19.7 Å². The van der Waals surface area contributed by atoms with Gasteiger partial charge in [0.1, 0.15) is 18.2 Å². The number of rotatable bonds is 7. The van der Waals surface area contributed by atoms with Gasteiger partial charge < -0.3 is 14.8 Å². The Bertz CT molecular complexity index is 593. The predicted molar refractivity (Wildman–Crippen MR) is 90.8 cm³/mol. The Morgan fingerprint density at radius 3 is 2.71 bits per heavy atom. The molecule has 0 unspecified atom stereocenters. The third-order valence-corrected chi connectivity index (χ3v) is 3.48. The second-order valence-electron chi connectivity index (χ2n) is 4.21. The Morgan fingerprint density at radius 2 is 2.00 bits per heavy atom. The molecule has 0 saturated carbocycles. The summed E-state index contributed by atoms with van der Waals surface area (Å²) in [5, 5.41) is 3.18. The highest BCUT2D eigenvalue weighted by atomic mass is 127. The molecule has 0 saturated heterocycles. The fourth-order valence-electron chi connectivity index (χ4n) is 1.69. The van der Waals surface area contributed by atoms with E-state index in [0.717, 1.165) is 21.7 Å². The summed E-state index contributed by atoms with van der Waals surface area (Å²) >= 11 is 2.24. The van der Waals surface area contributed by atoms with Crippen LogP contribution < -0.4 is 10.1 Å². The molecule has 0 spiro atoms. The SMILES string of the molecule is CCNc1cc(Oc2ccccc2I)nc(COCC)n1. The van der Waals surface area contributed by atoms with E-state index < -0.39 is 0 Å². The fourth-order valence-corrected chi connectivity index (χ4v) is 2.19. The summed E-state index contributed by atoms with van der Waals surface area (Å²) in [5.41, 5.74) is 0. The number of benzene rings is 1. The van der Waals surface area contributed by atoms with Crippen molar-refractivity contribution in [2.45, 2.75) is 20.5 Å². The largest absolute Gasteiger partial charge is 0.438 e. The number of anilines is 1. The summed E-state index contributed by atoms with van der Waals surface area (Å²) in [4.78, 5) is 8.78. The van der Waals surface area contributed by atoms with Gasteiger partial charge in [0.15, 0.2) is 5.82 Å². The topological polar surface area (TPSA) is 56.3 Å². The van der Waals surface area contributed by atoms with Gasteiger partial charge in [0.25, 0.3) is 0 Å². The molecule has 21 heavy (non-hydrogen) atoms. The summed E-state index contributed by atoms with van der Waals surface area (Å²) in [5.74, 6) is 2.64. The van der Waals surface area contributed by atoms with E-state index in [-0.39, 0.29) is 0 Å². The highest BCUT2D eigenvalue weighted by molar-refractivity contribution is 14.1. The van der Waals surface area contributed by atoms with Crippen molar-refractivity contribution in [1.29, 1.82) is 0 Å². The van der Waals surface area contributed by atoms with Crippen LogP contribution in [0.2, 0.25) is 0 Å². The molecule has 0 aliphatic carbocycles. The maximum absolute atomic E-state index is 5.86. The van der Waals surface area contributed by atoms with Crippen molar-refractivity contribution < 1.29 is 9.47 Å². The number of nitrogens with zero attached hydrogens (tertiary/aromatic N) is 2. The van der Waals surface area contributed by atoms with Gasteiger partial charge in [0, 0.05) is 19.2 Å². The highest BCUT2D eigenvalue weighted by Gasteiger charge is 2.08. The van der Waals surface area contributed by atoms with E-state index in [1.54, 1.807) is 6.07 Å². The van der Waals surface area contributed by atoms with Crippen LogP contribution in [0.25, 0.3) is 0 Å². The molecule has 1 heterocycles. The van der Waals surface area contributed by atoms with E-state index in [2.05, 4.69) is 37.9 Å². The van der Waals surface area contributed by atoms with Crippen molar-refractivity contribution >= 4 is 28.4 Å². The monoisotopic (exact) mass is 399 g/mol. The van der Waals surface area contributed by atoms with Crippen LogP contribution in [0.4, 0.5) is 5.82 Å². The van der Waals surface area contributed by atoms with Crippen LogP contribution in [-0.4, -0.2) is 23.1 Å². The summed E-state index contributed by atoms with van der Waals surface area (Å²) in [6, 6.07) is 9.61. The second-order valence-corrected chi connectivity index (χ2v) is 5.37. The molecule has 0 radical (unpaired) electrons. The van der Waals surface area contributed by atoms with E-state index in [1.165, 1.54) is 0 Å². The van der Waals surface area contributed by atoms with E-state index in [0.29, 0.717) is 24.9 Å². The van der Waals surface area contributed by atoms with Crippen molar-refractivity contribution in [3.63, 3.8) is 0 Å². The molecule has 0 aliphatic heterocycles. The Hall–Kier alpha value is -1.41. The summed E-state index contributed by atoms with van der Waals surface area (Å²) in [6.07, 6.45) is 0. The summed E-state index contributed by atoms with van der Waals surface area (Å²) in [6.45, 7) is 5.75. The van der Waals surface area contributed by atoms with Crippen LogP contribution in [0.3, 0.4) is 0 Å². The van der Waals surface area contributed by atoms with Crippen LogP contribution in [0, 0.1) is 3.57 Å². The van der Waals surface area contributed by atoms with Crippen LogP contribution in [-0.2, 0) is 11.3 Å². The first-order chi connectivity index (χ1) is 10.2. The highest BCUT2D eigenvalue weighted by Crippen LogP contribution is 2.26. The number of para-hydroxylation sites is 1. The standard InChI is InChI=1S/C15H18IN3O2/c1-3-17-13-9-15(19-14(18-13)10-20-4-2)21-12-8-6-5-7-11(12)16/h5-9H,3-4,10H2,1-2H3,(H,17,18,19). The van der Waals surface area contributed by atoms with Gasteiger partial charge >= 0.3 is 0 Å².